The van der Waals surface area contributed by atoms with Gasteiger partial charge in [0.1, 0.15) is 11.5 Å². The molecule has 3 rings (SSSR count). The summed E-state index contributed by atoms with van der Waals surface area (Å²) >= 11 is 0. The standard InChI is InChI=1S/C22H30N2O3/c1-5-24-16(3)14-18(25)20(22(24)26)21(23-12-10-15(2)11-13-23)17-8-6-7-9-19(17)27-4/h6-9,14-15,21,25H,5,10-13H2,1-4H3/t21-/m1/s1. The van der Waals surface area contributed by atoms with Gasteiger partial charge in [-0.25, -0.2) is 0 Å². The normalized spacial score (nSPS) is 17.0. The minimum absolute atomic E-state index is 0.0664. The summed E-state index contributed by atoms with van der Waals surface area (Å²) < 4.78 is 7.33. The highest BCUT2D eigenvalue weighted by molar-refractivity contribution is 5.46. The van der Waals surface area contributed by atoms with E-state index in [0.717, 1.165) is 42.9 Å². The van der Waals surface area contributed by atoms with Crippen LogP contribution in [0.25, 0.3) is 0 Å². The quantitative estimate of drug-likeness (QED) is 0.872. The molecule has 27 heavy (non-hydrogen) atoms. The summed E-state index contributed by atoms with van der Waals surface area (Å²) in [7, 11) is 1.65. The molecule has 1 atom stereocenters. The molecule has 1 aromatic carbocycles. The molecule has 0 saturated carbocycles. The highest BCUT2D eigenvalue weighted by Gasteiger charge is 2.32. The fraction of sp³-hybridized carbons (Fsp3) is 0.500. The van der Waals surface area contributed by atoms with E-state index in [2.05, 4.69) is 11.8 Å². The average Bonchev–Trinajstić information content (AvgIpc) is 2.66. The summed E-state index contributed by atoms with van der Waals surface area (Å²) in [6, 6.07) is 9.18. The van der Waals surface area contributed by atoms with Crippen molar-refractivity contribution >= 4 is 0 Å². The zero-order valence-corrected chi connectivity index (χ0v) is 16.7. The lowest BCUT2D eigenvalue weighted by Crippen LogP contribution is -2.40. The summed E-state index contributed by atoms with van der Waals surface area (Å²) in [6.45, 7) is 8.44. The first kappa shape index (κ1) is 19.5. The molecule has 1 N–H and O–H groups in total. The van der Waals surface area contributed by atoms with E-state index < -0.39 is 0 Å². The van der Waals surface area contributed by atoms with E-state index in [4.69, 9.17) is 4.74 Å². The molecule has 0 unspecified atom stereocenters. The number of methoxy groups -OCH3 is 1. The second kappa shape index (κ2) is 8.17. The van der Waals surface area contributed by atoms with Gasteiger partial charge in [0.05, 0.1) is 18.7 Å². The molecule has 1 aliphatic heterocycles. The van der Waals surface area contributed by atoms with Gasteiger partial charge in [0, 0.05) is 17.8 Å². The molecule has 0 amide bonds. The fourth-order valence-electron chi connectivity index (χ4n) is 4.13. The number of nitrogens with zero attached hydrogens (tertiary/aromatic N) is 2. The Morgan fingerprint density at radius 3 is 2.56 bits per heavy atom. The highest BCUT2D eigenvalue weighted by atomic mass is 16.5. The molecule has 0 aliphatic carbocycles. The largest absolute Gasteiger partial charge is 0.507 e. The Morgan fingerprint density at radius 2 is 1.93 bits per heavy atom. The van der Waals surface area contributed by atoms with Crippen molar-refractivity contribution in [3.05, 3.63) is 57.5 Å². The number of hydrogen-bond acceptors (Lipinski definition) is 4. The van der Waals surface area contributed by atoms with E-state index in [-0.39, 0.29) is 17.4 Å². The van der Waals surface area contributed by atoms with Gasteiger partial charge >= 0.3 is 0 Å². The van der Waals surface area contributed by atoms with Crippen molar-refractivity contribution in [2.75, 3.05) is 20.2 Å². The number of aromatic hydroxyl groups is 1. The van der Waals surface area contributed by atoms with Gasteiger partial charge in [-0.05, 0) is 57.8 Å². The number of aryl methyl sites for hydroxylation is 1. The summed E-state index contributed by atoms with van der Waals surface area (Å²) in [5.74, 6) is 1.48. The second-order valence-electron chi connectivity index (χ2n) is 7.50. The number of ether oxygens (including phenoxy) is 1. The van der Waals surface area contributed by atoms with Crippen LogP contribution in [0.5, 0.6) is 11.5 Å². The van der Waals surface area contributed by atoms with Crippen LogP contribution in [0.4, 0.5) is 0 Å². The van der Waals surface area contributed by atoms with Crippen LogP contribution >= 0.6 is 0 Å². The topological polar surface area (TPSA) is 54.7 Å². The van der Waals surface area contributed by atoms with Gasteiger partial charge in [-0.2, -0.15) is 0 Å². The number of likely N-dealkylation sites (tertiary alicyclic amines) is 1. The Morgan fingerprint density at radius 1 is 1.26 bits per heavy atom. The third-order valence-electron chi connectivity index (χ3n) is 5.73. The minimum Gasteiger partial charge on any atom is -0.507 e. The Balaban J connectivity index is 2.21. The first-order chi connectivity index (χ1) is 13.0. The van der Waals surface area contributed by atoms with Crippen LogP contribution in [0, 0.1) is 12.8 Å². The van der Waals surface area contributed by atoms with Crippen molar-refractivity contribution in [3.8, 4) is 11.5 Å². The van der Waals surface area contributed by atoms with E-state index in [1.165, 1.54) is 0 Å². The number of piperidine rings is 1. The molecule has 0 bridgehead atoms. The van der Waals surface area contributed by atoms with Crippen LogP contribution < -0.4 is 10.3 Å². The van der Waals surface area contributed by atoms with Crippen molar-refractivity contribution in [2.45, 2.75) is 46.2 Å². The summed E-state index contributed by atoms with van der Waals surface area (Å²) in [4.78, 5) is 15.6. The van der Waals surface area contributed by atoms with Crippen LogP contribution in [0.3, 0.4) is 0 Å². The molecule has 5 nitrogen and oxygen atoms in total. The van der Waals surface area contributed by atoms with Gasteiger partial charge in [0.25, 0.3) is 5.56 Å². The summed E-state index contributed by atoms with van der Waals surface area (Å²) in [6.07, 6.45) is 2.17. The Labute approximate surface area is 161 Å². The number of aromatic nitrogens is 1. The van der Waals surface area contributed by atoms with Crippen LogP contribution in [0.2, 0.25) is 0 Å². The van der Waals surface area contributed by atoms with Crippen molar-refractivity contribution in [1.29, 1.82) is 0 Å². The van der Waals surface area contributed by atoms with Crippen molar-refractivity contribution in [2.24, 2.45) is 5.92 Å². The Hall–Kier alpha value is -2.27. The molecular formula is C22H30N2O3. The van der Waals surface area contributed by atoms with E-state index in [1.807, 2.05) is 38.1 Å². The molecule has 146 valence electrons. The lowest BCUT2D eigenvalue weighted by atomic mass is 9.91. The molecule has 1 aromatic heterocycles. The summed E-state index contributed by atoms with van der Waals surface area (Å²) in [5.41, 5.74) is 2.02. The van der Waals surface area contributed by atoms with E-state index in [0.29, 0.717) is 18.0 Å². The molecule has 1 aliphatic rings. The minimum atomic E-state index is -0.320. The monoisotopic (exact) mass is 370 g/mol. The van der Waals surface area contributed by atoms with Gasteiger partial charge in [-0.15, -0.1) is 0 Å². The number of benzene rings is 1. The van der Waals surface area contributed by atoms with Gasteiger partial charge in [0.15, 0.2) is 0 Å². The number of hydrogen-bond donors (Lipinski definition) is 1. The number of para-hydroxylation sites is 1. The fourth-order valence-corrected chi connectivity index (χ4v) is 4.13. The first-order valence-corrected chi connectivity index (χ1v) is 9.78. The van der Waals surface area contributed by atoms with E-state index in [9.17, 15) is 9.90 Å². The van der Waals surface area contributed by atoms with Gasteiger partial charge in [-0.1, -0.05) is 25.1 Å². The average molecular weight is 370 g/mol. The van der Waals surface area contributed by atoms with Crippen molar-refractivity contribution in [1.82, 2.24) is 9.47 Å². The van der Waals surface area contributed by atoms with Crippen molar-refractivity contribution < 1.29 is 9.84 Å². The molecule has 0 spiro atoms. The van der Waals surface area contributed by atoms with Crippen LogP contribution in [0.15, 0.2) is 35.1 Å². The maximum absolute atomic E-state index is 13.3. The molecule has 2 aromatic rings. The third kappa shape index (κ3) is 3.74. The zero-order valence-electron chi connectivity index (χ0n) is 16.7. The third-order valence-corrected chi connectivity index (χ3v) is 5.73. The molecule has 0 radical (unpaired) electrons. The Bertz CT molecular complexity index is 851. The van der Waals surface area contributed by atoms with Crippen LogP contribution in [0.1, 0.15) is 49.6 Å². The smallest absolute Gasteiger partial charge is 0.259 e. The maximum Gasteiger partial charge on any atom is 0.259 e. The van der Waals surface area contributed by atoms with Gasteiger partial charge < -0.3 is 14.4 Å². The predicted molar refractivity (Wildman–Crippen MR) is 108 cm³/mol. The van der Waals surface area contributed by atoms with E-state index in [1.54, 1.807) is 17.7 Å². The number of pyridine rings is 1. The molecular weight excluding hydrogens is 340 g/mol. The van der Waals surface area contributed by atoms with Crippen molar-refractivity contribution in [3.63, 3.8) is 0 Å². The summed E-state index contributed by atoms with van der Waals surface area (Å²) in [5, 5.41) is 10.8. The van der Waals surface area contributed by atoms with Crippen LogP contribution in [-0.2, 0) is 6.54 Å². The predicted octanol–water partition coefficient (Wildman–Crippen LogP) is 3.71. The van der Waals surface area contributed by atoms with Crippen LogP contribution in [-0.4, -0.2) is 34.8 Å². The van der Waals surface area contributed by atoms with Gasteiger partial charge in [-0.3, -0.25) is 9.69 Å². The Kier molecular flexibility index (Phi) is 5.90. The molecule has 1 saturated heterocycles. The first-order valence-electron chi connectivity index (χ1n) is 9.78. The van der Waals surface area contributed by atoms with Gasteiger partial charge in [0.2, 0.25) is 0 Å². The van der Waals surface area contributed by atoms with E-state index >= 15 is 0 Å². The zero-order chi connectivity index (χ0) is 19.6. The highest BCUT2D eigenvalue weighted by Crippen LogP contribution is 2.38. The lowest BCUT2D eigenvalue weighted by molar-refractivity contribution is 0.153. The molecule has 1 fully saturated rings. The molecule has 2 heterocycles. The number of rotatable bonds is 5. The molecule has 5 heteroatoms. The maximum atomic E-state index is 13.3. The lowest BCUT2D eigenvalue weighted by Gasteiger charge is -2.37. The second-order valence-corrected chi connectivity index (χ2v) is 7.50. The SMILES string of the molecule is CCn1c(C)cc(O)c([C@@H](c2ccccc2OC)N2CCC(C)CC2)c1=O.